The van der Waals surface area contributed by atoms with E-state index in [0.29, 0.717) is 0 Å². The molecule has 0 fully saturated rings. The predicted octanol–water partition coefficient (Wildman–Crippen LogP) is 2.05. The Morgan fingerprint density at radius 1 is 1.36 bits per heavy atom. The van der Waals surface area contributed by atoms with Crippen molar-refractivity contribution in [2.24, 2.45) is 0 Å². The van der Waals surface area contributed by atoms with E-state index >= 15 is 0 Å². The van der Waals surface area contributed by atoms with Crippen LogP contribution in [0.4, 0.5) is 0 Å². The van der Waals surface area contributed by atoms with Crippen molar-refractivity contribution in [1.82, 2.24) is 0 Å². The first-order valence-electron chi connectivity index (χ1n) is 3.40. The summed E-state index contributed by atoms with van der Waals surface area (Å²) < 4.78 is 0. The summed E-state index contributed by atoms with van der Waals surface area (Å²) in [5.74, 6) is 1.94. The molecule has 11 heavy (non-hydrogen) atoms. The Balaban J connectivity index is 2.48. The van der Waals surface area contributed by atoms with Crippen LogP contribution in [0, 0.1) is 0 Å². The van der Waals surface area contributed by atoms with Crippen molar-refractivity contribution in [3.05, 3.63) is 34.7 Å². The maximum absolute atomic E-state index is 10.3. The lowest BCUT2D eigenvalue weighted by Crippen LogP contribution is -1.77. The zero-order chi connectivity index (χ0) is 7.68. The highest BCUT2D eigenvalue weighted by atomic mass is 32.2. The van der Waals surface area contributed by atoms with Gasteiger partial charge in [0.2, 0.25) is 0 Å². The average Bonchev–Trinajstić information content (AvgIpc) is 2.46. The maximum Gasteiger partial charge on any atom is 0.135 e. The van der Waals surface area contributed by atoms with E-state index in [1.165, 1.54) is 22.2 Å². The van der Waals surface area contributed by atoms with Gasteiger partial charge in [0, 0.05) is 11.3 Å². The van der Waals surface area contributed by atoms with E-state index in [9.17, 15) is 4.79 Å². The topological polar surface area (TPSA) is 17.1 Å². The highest BCUT2D eigenvalue weighted by molar-refractivity contribution is 8.03. The molecule has 1 nitrogen and oxygen atoms in total. The van der Waals surface area contributed by atoms with Gasteiger partial charge in [-0.3, -0.25) is 0 Å². The summed E-state index contributed by atoms with van der Waals surface area (Å²) in [6.07, 6.45) is 0.768. The lowest BCUT2D eigenvalue weighted by atomic mass is 10.2. The molecule has 0 unspecified atom stereocenters. The summed E-state index contributed by atoms with van der Waals surface area (Å²) in [7, 11) is 0. The van der Waals surface area contributed by atoms with Crippen molar-refractivity contribution in [1.29, 1.82) is 0 Å². The molecule has 0 radical (unpaired) electrons. The molecule has 54 valence electrons. The molecule has 0 saturated carbocycles. The number of benzene rings is 1. The second-order valence-corrected chi connectivity index (χ2v) is 3.55. The van der Waals surface area contributed by atoms with Gasteiger partial charge in [-0.15, -0.1) is 0 Å². The van der Waals surface area contributed by atoms with Gasteiger partial charge in [-0.2, -0.15) is 0 Å². The Morgan fingerprint density at radius 2 is 2.18 bits per heavy atom. The molecule has 0 N–H and O–H groups in total. The van der Waals surface area contributed by atoms with E-state index in [0.717, 1.165) is 11.3 Å². The molecule has 0 atom stereocenters. The van der Waals surface area contributed by atoms with Crippen LogP contribution in [0.3, 0.4) is 0 Å². The molecule has 2 rings (SSSR count). The Kier molecular flexibility index (Phi) is 1.57. The lowest BCUT2D eigenvalue weighted by molar-refractivity contribution is 0.568. The fourth-order valence-corrected chi connectivity index (χ4v) is 2.10. The highest BCUT2D eigenvalue weighted by Crippen LogP contribution is 2.37. The third kappa shape index (κ3) is 1.11. The summed E-state index contributed by atoms with van der Waals surface area (Å²) in [4.78, 5) is 12.3. The molecule has 0 spiro atoms. The van der Waals surface area contributed by atoms with Gasteiger partial charge in [-0.25, -0.2) is 4.79 Å². The van der Waals surface area contributed by atoms with Gasteiger partial charge >= 0.3 is 0 Å². The van der Waals surface area contributed by atoms with Gasteiger partial charge in [-0.05, 0) is 11.6 Å². The smallest absolute Gasteiger partial charge is 0.135 e. The number of carbonyl (C=O) groups excluding carboxylic acids is 1. The van der Waals surface area contributed by atoms with Crippen LogP contribution in [0.2, 0.25) is 0 Å². The quantitative estimate of drug-likeness (QED) is 0.543. The van der Waals surface area contributed by atoms with Crippen LogP contribution in [0.15, 0.2) is 34.1 Å². The second kappa shape index (κ2) is 2.57. The van der Waals surface area contributed by atoms with Crippen LogP contribution in [0.1, 0.15) is 5.56 Å². The van der Waals surface area contributed by atoms with Crippen LogP contribution in [-0.2, 0) is 11.2 Å². The van der Waals surface area contributed by atoms with Crippen LogP contribution < -0.4 is 0 Å². The molecule has 0 aromatic heterocycles. The maximum atomic E-state index is 10.3. The Morgan fingerprint density at radius 3 is 2.91 bits per heavy atom. The van der Waals surface area contributed by atoms with E-state index in [2.05, 4.69) is 0 Å². The monoisotopic (exact) mass is 162 g/mol. The van der Waals surface area contributed by atoms with Gasteiger partial charge in [-0.1, -0.05) is 30.0 Å². The first-order valence-corrected chi connectivity index (χ1v) is 4.21. The molecule has 1 aliphatic rings. The number of rotatable bonds is 0. The first-order chi connectivity index (χ1) is 5.40. The molecule has 0 saturated heterocycles. The fraction of sp³-hybridized carbons (Fsp3) is 0.111. The molecular formula is C9H6OS. The number of fused-ring (bicyclic) bond motifs is 1. The zero-order valence-corrected chi connectivity index (χ0v) is 6.65. The molecule has 1 aromatic rings. The minimum atomic E-state index is 0.768. The summed E-state index contributed by atoms with van der Waals surface area (Å²) in [5.41, 5.74) is 1.25. The fourth-order valence-electron chi connectivity index (χ4n) is 1.15. The van der Waals surface area contributed by atoms with Crippen molar-refractivity contribution in [2.45, 2.75) is 11.3 Å². The van der Waals surface area contributed by atoms with E-state index in [1.54, 1.807) is 0 Å². The largest absolute Gasteiger partial charge is 0.233 e. The number of hydrogen-bond acceptors (Lipinski definition) is 2. The van der Waals surface area contributed by atoms with E-state index < -0.39 is 0 Å². The SMILES string of the molecule is O=C=C1Cc2ccccc2S1. The van der Waals surface area contributed by atoms with Crippen molar-refractivity contribution in [3.8, 4) is 0 Å². The van der Waals surface area contributed by atoms with Crippen LogP contribution in [0.5, 0.6) is 0 Å². The van der Waals surface area contributed by atoms with Crippen LogP contribution >= 0.6 is 11.8 Å². The summed E-state index contributed by atoms with van der Waals surface area (Å²) in [5, 5.41) is 0. The van der Waals surface area contributed by atoms with Crippen LogP contribution in [0.25, 0.3) is 0 Å². The highest BCUT2D eigenvalue weighted by Gasteiger charge is 2.15. The Labute approximate surface area is 69.1 Å². The third-order valence-corrected chi connectivity index (χ3v) is 2.76. The minimum absolute atomic E-state index is 0.768. The summed E-state index contributed by atoms with van der Waals surface area (Å²) in [6.45, 7) is 0. The van der Waals surface area contributed by atoms with Gasteiger partial charge in [0.1, 0.15) is 5.94 Å². The predicted molar refractivity (Wildman–Crippen MR) is 45.2 cm³/mol. The molecule has 1 aromatic carbocycles. The second-order valence-electron chi connectivity index (χ2n) is 2.41. The molecule has 0 bridgehead atoms. The lowest BCUT2D eigenvalue weighted by Gasteiger charge is -1.91. The molecule has 1 heterocycles. The van der Waals surface area contributed by atoms with Gasteiger partial charge in [0.15, 0.2) is 0 Å². The molecule has 0 amide bonds. The molecule has 0 aliphatic carbocycles. The normalized spacial score (nSPS) is 14.4. The van der Waals surface area contributed by atoms with Crippen molar-refractivity contribution < 1.29 is 4.79 Å². The number of allylic oxidation sites excluding steroid dienone is 1. The average molecular weight is 162 g/mol. The third-order valence-electron chi connectivity index (χ3n) is 1.67. The van der Waals surface area contributed by atoms with Crippen molar-refractivity contribution in [3.63, 3.8) is 0 Å². The van der Waals surface area contributed by atoms with Gasteiger partial charge in [0.05, 0.1) is 4.91 Å². The zero-order valence-electron chi connectivity index (χ0n) is 5.83. The Hall–Kier alpha value is -0.980. The minimum Gasteiger partial charge on any atom is -0.233 e. The summed E-state index contributed by atoms with van der Waals surface area (Å²) in [6, 6.07) is 8.06. The van der Waals surface area contributed by atoms with Crippen molar-refractivity contribution in [2.75, 3.05) is 0 Å². The Bertz CT molecular complexity index is 310. The molecule has 2 heteroatoms. The number of hydrogen-bond donors (Lipinski definition) is 0. The van der Waals surface area contributed by atoms with E-state index in [4.69, 9.17) is 0 Å². The molecular weight excluding hydrogens is 156 g/mol. The van der Waals surface area contributed by atoms with E-state index in [-0.39, 0.29) is 0 Å². The van der Waals surface area contributed by atoms with Crippen molar-refractivity contribution >= 4 is 17.7 Å². The standard InChI is InChI=1S/C9H6OS/c10-6-8-5-7-3-1-2-4-9(7)11-8/h1-4H,5H2. The van der Waals surface area contributed by atoms with Crippen LogP contribution in [-0.4, -0.2) is 5.94 Å². The first kappa shape index (κ1) is 6.71. The number of thioether (sulfide) groups is 1. The van der Waals surface area contributed by atoms with Gasteiger partial charge < -0.3 is 0 Å². The van der Waals surface area contributed by atoms with Gasteiger partial charge in [0.25, 0.3) is 0 Å². The summed E-state index contributed by atoms with van der Waals surface area (Å²) >= 11 is 1.53. The molecule has 1 aliphatic heterocycles. The van der Waals surface area contributed by atoms with E-state index in [1.807, 2.05) is 30.2 Å².